The van der Waals surface area contributed by atoms with E-state index in [2.05, 4.69) is 10.5 Å². The second-order valence-corrected chi connectivity index (χ2v) is 7.13. The van der Waals surface area contributed by atoms with Gasteiger partial charge in [-0.25, -0.2) is 14.2 Å². The average Bonchev–Trinajstić information content (AvgIpc) is 3.23. The van der Waals surface area contributed by atoms with E-state index in [9.17, 15) is 19.5 Å². The predicted octanol–water partition coefficient (Wildman–Crippen LogP) is 5.78. The molecule has 7 heteroatoms. The van der Waals surface area contributed by atoms with Crippen molar-refractivity contribution < 1.29 is 19.5 Å². The van der Waals surface area contributed by atoms with Gasteiger partial charge in [0, 0.05) is 22.1 Å². The van der Waals surface area contributed by atoms with E-state index in [4.69, 9.17) is 0 Å². The number of aromatic nitrogens is 1. The Bertz CT molecular complexity index is 1210. The van der Waals surface area contributed by atoms with Crippen molar-refractivity contribution in [2.45, 2.75) is 0 Å². The summed E-state index contributed by atoms with van der Waals surface area (Å²) in [5, 5.41) is 21.5. The summed E-state index contributed by atoms with van der Waals surface area (Å²) >= 11 is 1.35. The van der Waals surface area contributed by atoms with Crippen LogP contribution in [0.4, 0.5) is 10.1 Å². The van der Waals surface area contributed by atoms with Crippen LogP contribution in [0.25, 0.3) is 33.0 Å². The minimum Gasteiger partial charge on any atom is -0.478 e. The second-order valence-electron chi connectivity index (χ2n) is 6.27. The molecule has 3 aromatic carbocycles. The Morgan fingerprint density at radius 1 is 0.966 bits per heavy atom. The molecule has 4 rings (SSSR count). The molecular formula is C22H15FN2O3S. The van der Waals surface area contributed by atoms with E-state index in [1.807, 2.05) is 5.38 Å². The number of carbonyl (C=O) groups is 1. The third-order valence-corrected chi connectivity index (χ3v) is 5.35. The summed E-state index contributed by atoms with van der Waals surface area (Å²) in [6.45, 7) is 0. The predicted molar refractivity (Wildman–Crippen MR) is 111 cm³/mol. The molecule has 0 unspecified atom stereocenters. The van der Waals surface area contributed by atoms with Crippen molar-refractivity contribution in [1.29, 1.82) is 0 Å². The first kappa shape index (κ1) is 18.8. The lowest BCUT2D eigenvalue weighted by Gasteiger charge is -2.12. The van der Waals surface area contributed by atoms with Crippen LogP contribution in [-0.2, 0) is 0 Å². The van der Waals surface area contributed by atoms with Crippen LogP contribution in [0.5, 0.6) is 0 Å². The van der Waals surface area contributed by atoms with Gasteiger partial charge in [0.25, 0.3) is 0 Å². The Hall–Kier alpha value is -3.55. The van der Waals surface area contributed by atoms with Gasteiger partial charge in [-0.3, -0.25) is 10.7 Å². The SMILES string of the molecule is O=C(O)c1cc(-c2nc(-c3cccc(F)c3)cs2)ccc1-c1ccccc1NO. The summed E-state index contributed by atoms with van der Waals surface area (Å²) < 4.78 is 13.5. The first-order valence-corrected chi connectivity index (χ1v) is 9.53. The van der Waals surface area contributed by atoms with Gasteiger partial charge in [0.05, 0.1) is 16.9 Å². The van der Waals surface area contributed by atoms with Crippen molar-refractivity contribution in [1.82, 2.24) is 4.98 Å². The summed E-state index contributed by atoms with van der Waals surface area (Å²) in [6.07, 6.45) is 0. The zero-order valence-electron chi connectivity index (χ0n) is 15.0. The van der Waals surface area contributed by atoms with Crippen molar-refractivity contribution in [2.75, 3.05) is 5.48 Å². The van der Waals surface area contributed by atoms with Crippen LogP contribution < -0.4 is 5.48 Å². The Balaban J connectivity index is 1.77. The standard InChI is InChI=1S/C22H15FN2O3S/c23-15-5-3-4-13(10-15)20-12-29-21(24-20)14-8-9-16(18(11-14)22(26)27)17-6-1-2-7-19(17)25-28/h1-12,25,28H,(H,26,27). The molecular weight excluding hydrogens is 391 g/mol. The Morgan fingerprint density at radius 3 is 2.55 bits per heavy atom. The van der Waals surface area contributed by atoms with Crippen LogP contribution in [-0.4, -0.2) is 21.3 Å². The number of aromatic carboxylic acids is 1. The second kappa shape index (κ2) is 7.83. The number of halogens is 1. The topological polar surface area (TPSA) is 82.5 Å². The van der Waals surface area contributed by atoms with E-state index in [-0.39, 0.29) is 11.4 Å². The molecule has 4 aromatic rings. The summed E-state index contributed by atoms with van der Waals surface area (Å²) in [5.41, 5.74) is 5.57. The van der Waals surface area contributed by atoms with Crippen molar-refractivity contribution in [3.05, 3.63) is 83.5 Å². The highest BCUT2D eigenvalue weighted by molar-refractivity contribution is 7.13. The summed E-state index contributed by atoms with van der Waals surface area (Å²) in [4.78, 5) is 16.4. The molecule has 0 aliphatic carbocycles. The molecule has 0 radical (unpaired) electrons. The van der Waals surface area contributed by atoms with Crippen molar-refractivity contribution in [3.8, 4) is 33.0 Å². The number of hydrogen-bond donors (Lipinski definition) is 3. The zero-order valence-corrected chi connectivity index (χ0v) is 15.8. The maximum atomic E-state index is 13.5. The molecule has 144 valence electrons. The molecule has 29 heavy (non-hydrogen) atoms. The molecule has 0 spiro atoms. The Kier molecular flexibility index (Phi) is 5.07. The molecule has 1 heterocycles. The highest BCUT2D eigenvalue weighted by Gasteiger charge is 2.17. The fraction of sp³-hybridized carbons (Fsp3) is 0. The first-order chi connectivity index (χ1) is 14.1. The number of carboxylic acids is 1. The Morgan fingerprint density at radius 2 is 1.79 bits per heavy atom. The van der Waals surface area contributed by atoms with Gasteiger partial charge >= 0.3 is 5.97 Å². The smallest absolute Gasteiger partial charge is 0.336 e. The molecule has 0 fully saturated rings. The maximum Gasteiger partial charge on any atom is 0.336 e. The van der Waals surface area contributed by atoms with Crippen molar-refractivity contribution >= 4 is 23.0 Å². The van der Waals surface area contributed by atoms with Crippen LogP contribution >= 0.6 is 11.3 Å². The fourth-order valence-electron chi connectivity index (χ4n) is 3.09. The summed E-state index contributed by atoms with van der Waals surface area (Å²) in [6, 6.07) is 18.1. The van der Waals surface area contributed by atoms with Crippen molar-refractivity contribution in [3.63, 3.8) is 0 Å². The van der Waals surface area contributed by atoms with Crippen LogP contribution in [0.15, 0.2) is 72.1 Å². The number of hydrogen-bond acceptors (Lipinski definition) is 5. The molecule has 0 atom stereocenters. The molecule has 0 saturated heterocycles. The van der Waals surface area contributed by atoms with Gasteiger partial charge < -0.3 is 5.11 Å². The number of rotatable bonds is 5. The molecule has 0 aliphatic heterocycles. The van der Waals surface area contributed by atoms with Gasteiger partial charge in [0.2, 0.25) is 0 Å². The molecule has 5 nitrogen and oxygen atoms in total. The number of thiazole rings is 1. The summed E-state index contributed by atoms with van der Waals surface area (Å²) in [7, 11) is 0. The quantitative estimate of drug-likeness (QED) is 0.366. The monoisotopic (exact) mass is 406 g/mol. The number of para-hydroxylation sites is 1. The number of benzene rings is 3. The lowest BCUT2D eigenvalue weighted by atomic mass is 9.96. The van der Waals surface area contributed by atoms with Crippen molar-refractivity contribution in [2.24, 2.45) is 0 Å². The molecule has 0 bridgehead atoms. The normalized spacial score (nSPS) is 10.7. The number of carboxylic acid groups (broad SMARTS) is 1. The van der Waals surface area contributed by atoms with Crippen LogP contribution in [0.2, 0.25) is 0 Å². The molecule has 0 aliphatic rings. The Labute approximate surface area is 169 Å². The van der Waals surface area contributed by atoms with E-state index in [0.717, 1.165) is 0 Å². The van der Waals surface area contributed by atoms with E-state index in [1.54, 1.807) is 54.6 Å². The minimum absolute atomic E-state index is 0.0905. The molecule has 1 aromatic heterocycles. The lowest BCUT2D eigenvalue weighted by Crippen LogP contribution is -2.02. The van der Waals surface area contributed by atoms with Gasteiger partial charge in [-0.05, 0) is 29.8 Å². The van der Waals surface area contributed by atoms with Gasteiger partial charge in [0.1, 0.15) is 10.8 Å². The fourth-order valence-corrected chi connectivity index (χ4v) is 3.92. The number of nitrogens with zero attached hydrogens (tertiary/aromatic N) is 1. The van der Waals surface area contributed by atoms with Crippen LogP contribution in [0, 0.1) is 5.82 Å². The minimum atomic E-state index is -1.09. The maximum absolute atomic E-state index is 13.5. The average molecular weight is 406 g/mol. The largest absolute Gasteiger partial charge is 0.478 e. The summed E-state index contributed by atoms with van der Waals surface area (Å²) in [5.74, 6) is -1.43. The van der Waals surface area contributed by atoms with Crippen LogP contribution in [0.1, 0.15) is 10.4 Å². The molecule has 0 saturated carbocycles. The zero-order chi connectivity index (χ0) is 20.4. The lowest BCUT2D eigenvalue weighted by molar-refractivity contribution is 0.0697. The highest BCUT2D eigenvalue weighted by atomic mass is 32.1. The first-order valence-electron chi connectivity index (χ1n) is 8.65. The van der Waals surface area contributed by atoms with E-state index >= 15 is 0 Å². The third kappa shape index (κ3) is 3.73. The third-order valence-electron chi connectivity index (χ3n) is 4.46. The van der Waals surface area contributed by atoms with E-state index in [1.165, 1.54) is 23.5 Å². The molecule has 0 amide bonds. The van der Waals surface area contributed by atoms with Gasteiger partial charge in [-0.1, -0.05) is 42.5 Å². The number of nitrogens with one attached hydrogen (secondary N) is 1. The van der Waals surface area contributed by atoms with Gasteiger partial charge in [-0.15, -0.1) is 11.3 Å². The van der Waals surface area contributed by atoms with Gasteiger partial charge in [0.15, 0.2) is 0 Å². The highest BCUT2D eigenvalue weighted by Crippen LogP contribution is 2.35. The molecule has 3 N–H and O–H groups in total. The number of anilines is 1. The van der Waals surface area contributed by atoms with E-state index < -0.39 is 5.97 Å². The van der Waals surface area contributed by atoms with Gasteiger partial charge in [-0.2, -0.15) is 0 Å². The van der Waals surface area contributed by atoms with Crippen LogP contribution in [0.3, 0.4) is 0 Å². The van der Waals surface area contributed by atoms with E-state index in [0.29, 0.717) is 38.6 Å².